The minimum Gasteiger partial charge on any atom is -0.357 e. The molecule has 20 heavy (non-hydrogen) atoms. The van der Waals surface area contributed by atoms with Crippen molar-refractivity contribution in [2.24, 2.45) is 10.4 Å². The lowest BCUT2D eigenvalue weighted by Gasteiger charge is -2.23. The van der Waals surface area contributed by atoms with E-state index in [2.05, 4.69) is 48.3 Å². The summed E-state index contributed by atoms with van der Waals surface area (Å²) >= 11 is 1.73. The van der Waals surface area contributed by atoms with Gasteiger partial charge in [-0.2, -0.15) is 0 Å². The van der Waals surface area contributed by atoms with Crippen molar-refractivity contribution >= 4 is 17.3 Å². The van der Waals surface area contributed by atoms with Gasteiger partial charge in [0.05, 0.1) is 17.2 Å². The maximum atomic E-state index is 4.75. The third-order valence-electron chi connectivity index (χ3n) is 3.60. The molecule has 5 heteroatoms. The molecule has 0 aliphatic carbocycles. The van der Waals surface area contributed by atoms with Crippen molar-refractivity contribution in [1.29, 1.82) is 0 Å². The van der Waals surface area contributed by atoms with E-state index in [9.17, 15) is 0 Å². The summed E-state index contributed by atoms with van der Waals surface area (Å²) in [6, 6.07) is 0. The Bertz CT molecular complexity index is 464. The van der Waals surface area contributed by atoms with Crippen LogP contribution in [0.25, 0.3) is 0 Å². The lowest BCUT2D eigenvalue weighted by Crippen LogP contribution is -2.40. The number of nitrogens with one attached hydrogen (secondary N) is 1. The number of guanidine groups is 1. The zero-order valence-corrected chi connectivity index (χ0v) is 13.9. The van der Waals surface area contributed by atoms with Crippen LogP contribution >= 0.6 is 11.3 Å². The van der Waals surface area contributed by atoms with Crippen LogP contribution in [0.2, 0.25) is 0 Å². The molecule has 0 atom stereocenters. The van der Waals surface area contributed by atoms with Crippen LogP contribution in [0.5, 0.6) is 0 Å². The van der Waals surface area contributed by atoms with Crippen molar-refractivity contribution in [3.63, 3.8) is 0 Å². The summed E-state index contributed by atoms with van der Waals surface area (Å²) in [4.78, 5) is 11.7. The summed E-state index contributed by atoms with van der Waals surface area (Å²) in [5, 5.41) is 6.73. The normalized spacial score (nSPS) is 18.6. The van der Waals surface area contributed by atoms with Gasteiger partial charge in [0.2, 0.25) is 0 Å². The molecule has 1 saturated heterocycles. The van der Waals surface area contributed by atoms with Gasteiger partial charge in [0.25, 0.3) is 0 Å². The smallest absolute Gasteiger partial charge is 0.194 e. The van der Waals surface area contributed by atoms with Gasteiger partial charge in [0, 0.05) is 25.0 Å². The van der Waals surface area contributed by atoms with Crippen molar-refractivity contribution in [3.05, 3.63) is 16.1 Å². The van der Waals surface area contributed by atoms with E-state index in [-0.39, 0.29) is 0 Å². The molecule has 0 saturated carbocycles. The number of hydrogen-bond acceptors (Lipinski definition) is 3. The van der Waals surface area contributed by atoms with Crippen LogP contribution in [0, 0.1) is 5.41 Å². The number of aromatic nitrogens is 1. The fourth-order valence-electron chi connectivity index (χ4n) is 2.46. The molecule has 0 spiro atoms. The van der Waals surface area contributed by atoms with Gasteiger partial charge in [0.1, 0.15) is 0 Å². The van der Waals surface area contributed by atoms with E-state index in [0.29, 0.717) is 12.0 Å². The van der Waals surface area contributed by atoms with Crippen LogP contribution < -0.4 is 5.32 Å². The Hall–Kier alpha value is -1.10. The first-order valence-electron chi connectivity index (χ1n) is 7.50. The van der Waals surface area contributed by atoms with Crippen LogP contribution in [-0.2, 0) is 13.0 Å². The second-order valence-electron chi connectivity index (χ2n) is 6.09. The standard InChI is InChI=1S/C15H26N4S/c1-5-13-18-12(10-20-13)9-17-14(16-6-2)19-8-7-15(3,4)11-19/h10H,5-9,11H2,1-4H3,(H,16,17). The molecular formula is C15H26N4S. The highest BCUT2D eigenvalue weighted by Crippen LogP contribution is 2.28. The Kier molecular flexibility index (Phi) is 5.02. The minimum atomic E-state index is 0.395. The van der Waals surface area contributed by atoms with Crippen molar-refractivity contribution in [3.8, 4) is 0 Å². The predicted molar refractivity (Wildman–Crippen MR) is 86.3 cm³/mol. The van der Waals surface area contributed by atoms with E-state index in [4.69, 9.17) is 4.99 Å². The molecule has 0 aromatic carbocycles. The van der Waals surface area contributed by atoms with E-state index >= 15 is 0 Å². The lowest BCUT2D eigenvalue weighted by molar-refractivity contribution is 0.370. The Labute approximate surface area is 126 Å². The van der Waals surface area contributed by atoms with E-state index in [1.165, 1.54) is 11.4 Å². The zero-order valence-electron chi connectivity index (χ0n) is 13.1. The maximum Gasteiger partial charge on any atom is 0.194 e. The molecule has 1 aliphatic rings. The molecule has 0 bridgehead atoms. The molecular weight excluding hydrogens is 268 g/mol. The third-order valence-corrected chi connectivity index (χ3v) is 4.65. The Morgan fingerprint density at radius 2 is 2.30 bits per heavy atom. The van der Waals surface area contributed by atoms with Crippen molar-refractivity contribution in [2.75, 3.05) is 19.6 Å². The number of aryl methyl sites for hydroxylation is 1. The first-order valence-corrected chi connectivity index (χ1v) is 8.38. The van der Waals surface area contributed by atoms with Gasteiger partial charge < -0.3 is 10.2 Å². The monoisotopic (exact) mass is 294 g/mol. The number of rotatable bonds is 4. The molecule has 0 radical (unpaired) electrons. The van der Waals surface area contributed by atoms with Crippen LogP contribution in [0.15, 0.2) is 10.4 Å². The van der Waals surface area contributed by atoms with Gasteiger partial charge in [0.15, 0.2) is 5.96 Å². The van der Waals surface area contributed by atoms with Crippen LogP contribution in [0.4, 0.5) is 0 Å². The fraction of sp³-hybridized carbons (Fsp3) is 0.733. The molecule has 112 valence electrons. The minimum absolute atomic E-state index is 0.395. The van der Waals surface area contributed by atoms with E-state index < -0.39 is 0 Å². The molecule has 4 nitrogen and oxygen atoms in total. The average Bonchev–Trinajstić information content (AvgIpc) is 3.00. The van der Waals surface area contributed by atoms with Gasteiger partial charge in [-0.05, 0) is 25.2 Å². The highest BCUT2D eigenvalue weighted by Gasteiger charge is 2.30. The highest BCUT2D eigenvalue weighted by molar-refractivity contribution is 7.09. The molecule has 0 unspecified atom stereocenters. The molecule has 1 fully saturated rings. The van der Waals surface area contributed by atoms with Crippen LogP contribution in [0.3, 0.4) is 0 Å². The molecule has 1 N–H and O–H groups in total. The predicted octanol–water partition coefficient (Wildman–Crippen LogP) is 2.90. The molecule has 0 amide bonds. The number of likely N-dealkylation sites (tertiary alicyclic amines) is 1. The lowest BCUT2D eigenvalue weighted by atomic mass is 9.93. The summed E-state index contributed by atoms with van der Waals surface area (Å²) in [6.07, 6.45) is 2.24. The first kappa shape index (κ1) is 15.3. The largest absolute Gasteiger partial charge is 0.357 e. The summed E-state index contributed by atoms with van der Waals surface area (Å²) in [5.74, 6) is 1.03. The van der Waals surface area contributed by atoms with E-state index in [1.54, 1.807) is 11.3 Å². The summed E-state index contributed by atoms with van der Waals surface area (Å²) in [6.45, 7) is 12.7. The molecule has 2 heterocycles. The van der Waals surface area contributed by atoms with E-state index in [1.807, 2.05) is 0 Å². The summed E-state index contributed by atoms with van der Waals surface area (Å²) < 4.78 is 0. The number of hydrogen-bond donors (Lipinski definition) is 1. The SMILES string of the molecule is CCNC(=NCc1csc(CC)n1)N1CCC(C)(C)C1. The van der Waals surface area contributed by atoms with Crippen molar-refractivity contribution in [2.45, 2.75) is 47.1 Å². The second-order valence-corrected chi connectivity index (χ2v) is 7.03. The van der Waals surface area contributed by atoms with Gasteiger partial charge in [-0.3, -0.25) is 0 Å². The van der Waals surface area contributed by atoms with Crippen LogP contribution in [0.1, 0.15) is 44.8 Å². The maximum absolute atomic E-state index is 4.75. The van der Waals surface area contributed by atoms with Gasteiger partial charge in [-0.25, -0.2) is 9.98 Å². The third kappa shape index (κ3) is 3.95. The molecule has 1 aliphatic heterocycles. The molecule has 2 rings (SSSR count). The molecule has 1 aromatic heterocycles. The Morgan fingerprint density at radius 1 is 1.50 bits per heavy atom. The molecule has 1 aromatic rings. The number of thiazole rings is 1. The van der Waals surface area contributed by atoms with Gasteiger partial charge >= 0.3 is 0 Å². The Balaban J connectivity index is 2.02. The highest BCUT2D eigenvalue weighted by atomic mass is 32.1. The van der Waals surface area contributed by atoms with Crippen molar-refractivity contribution < 1.29 is 0 Å². The second kappa shape index (κ2) is 6.57. The zero-order chi connectivity index (χ0) is 14.6. The van der Waals surface area contributed by atoms with Gasteiger partial charge in [-0.1, -0.05) is 20.8 Å². The van der Waals surface area contributed by atoms with Crippen LogP contribution in [-0.4, -0.2) is 35.5 Å². The Morgan fingerprint density at radius 3 is 2.85 bits per heavy atom. The first-order chi connectivity index (χ1) is 9.54. The van der Waals surface area contributed by atoms with Crippen molar-refractivity contribution in [1.82, 2.24) is 15.2 Å². The summed E-state index contributed by atoms with van der Waals surface area (Å²) in [7, 11) is 0. The topological polar surface area (TPSA) is 40.5 Å². The van der Waals surface area contributed by atoms with Gasteiger partial charge in [-0.15, -0.1) is 11.3 Å². The summed E-state index contributed by atoms with van der Waals surface area (Å²) in [5.41, 5.74) is 1.48. The van der Waals surface area contributed by atoms with E-state index in [0.717, 1.165) is 37.7 Å². The fourth-order valence-corrected chi connectivity index (χ4v) is 3.19. The quantitative estimate of drug-likeness (QED) is 0.685. The number of nitrogens with zero attached hydrogens (tertiary/aromatic N) is 3. The average molecular weight is 294 g/mol. The number of aliphatic imine (C=N–C) groups is 1.